The molecule has 1 aliphatic carbocycles. The van der Waals surface area contributed by atoms with Gasteiger partial charge < -0.3 is 19.3 Å². The van der Waals surface area contributed by atoms with Crippen LogP contribution in [0.25, 0.3) is 0 Å². The predicted molar refractivity (Wildman–Crippen MR) is 161 cm³/mol. The van der Waals surface area contributed by atoms with Crippen LogP contribution in [-0.4, -0.2) is 55.5 Å². The minimum Gasteiger partial charge on any atom is -0.481 e. The summed E-state index contributed by atoms with van der Waals surface area (Å²) in [5, 5.41) is 16.0. The van der Waals surface area contributed by atoms with Gasteiger partial charge in [0.2, 0.25) is 10.0 Å². The quantitative estimate of drug-likeness (QED) is 0.337. The van der Waals surface area contributed by atoms with Gasteiger partial charge in [-0.25, -0.2) is 17.5 Å². The Balaban J connectivity index is 1.15. The number of aryl methyl sites for hydroxylation is 1. The molecule has 2 aliphatic heterocycles. The lowest BCUT2D eigenvalue weighted by atomic mass is 9.92. The number of nitrogens with zero attached hydrogens (tertiary/aromatic N) is 3. The van der Waals surface area contributed by atoms with Crippen LogP contribution in [-0.2, 0) is 29.8 Å². The summed E-state index contributed by atoms with van der Waals surface area (Å²) in [6.07, 6.45) is 0.876. The zero-order valence-corrected chi connectivity index (χ0v) is 25.3. The lowest BCUT2D eigenvalue weighted by molar-refractivity contribution is -0.136. The van der Waals surface area contributed by atoms with E-state index in [9.17, 15) is 22.8 Å². The third kappa shape index (κ3) is 5.40. The highest BCUT2D eigenvalue weighted by molar-refractivity contribution is 7.93. The van der Waals surface area contributed by atoms with Gasteiger partial charge in [0.25, 0.3) is 5.91 Å². The van der Waals surface area contributed by atoms with Crippen molar-refractivity contribution in [3.63, 3.8) is 0 Å². The normalized spacial score (nSPS) is 18.3. The van der Waals surface area contributed by atoms with Gasteiger partial charge in [-0.1, -0.05) is 41.6 Å². The summed E-state index contributed by atoms with van der Waals surface area (Å²) in [7, 11) is -4.16. The van der Waals surface area contributed by atoms with Crippen molar-refractivity contribution in [3.8, 4) is 0 Å². The maximum atomic E-state index is 13.3. The number of ether oxygens (including phenoxy) is 1. The second-order valence-corrected chi connectivity index (χ2v) is 13.6. The van der Waals surface area contributed by atoms with Crippen LogP contribution in [0.3, 0.4) is 0 Å². The zero-order valence-electron chi connectivity index (χ0n) is 24.5. The summed E-state index contributed by atoms with van der Waals surface area (Å²) >= 11 is 0. The van der Waals surface area contributed by atoms with Gasteiger partial charge in [-0.05, 0) is 62.8 Å². The summed E-state index contributed by atoms with van der Waals surface area (Å²) in [6.45, 7) is 4.79. The van der Waals surface area contributed by atoms with E-state index >= 15 is 0 Å². The number of rotatable bonds is 9. The Bertz CT molecular complexity index is 1710. The lowest BCUT2D eigenvalue weighted by Crippen LogP contribution is -2.39. The first-order valence-corrected chi connectivity index (χ1v) is 16.3. The van der Waals surface area contributed by atoms with Gasteiger partial charge >= 0.3 is 12.1 Å². The first kappa shape index (κ1) is 29.7. The lowest BCUT2D eigenvalue weighted by Gasteiger charge is -2.33. The Labute approximate surface area is 255 Å². The van der Waals surface area contributed by atoms with Crippen LogP contribution >= 0.6 is 0 Å². The van der Waals surface area contributed by atoms with Crippen molar-refractivity contribution in [1.82, 2.24) is 5.16 Å². The molecule has 44 heavy (non-hydrogen) atoms. The highest BCUT2D eigenvalue weighted by atomic mass is 32.2. The van der Waals surface area contributed by atoms with Crippen LogP contribution in [0.5, 0.6) is 0 Å². The van der Waals surface area contributed by atoms with Crippen LogP contribution in [0.15, 0.2) is 53.1 Å². The highest BCUT2D eigenvalue weighted by Gasteiger charge is 2.61. The summed E-state index contributed by atoms with van der Waals surface area (Å²) < 4.78 is 38.3. The van der Waals surface area contributed by atoms with E-state index in [1.165, 1.54) is 0 Å². The molecule has 232 valence electrons. The number of anilines is 3. The fourth-order valence-corrected chi connectivity index (χ4v) is 7.70. The molecule has 0 unspecified atom stereocenters. The molecule has 6 rings (SSSR count). The highest BCUT2D eigenvalue weighted by Crippen LogP contribution is 2.58. The SMILES string of the molecule is Cc1noc(C2CCN(c3ccc4c(c3)N(S(=O)(=O)CCC(=O)O)C(=O)C43CC3)CC2)c1NC(=O)O[C@H](C)c1ccccc1. The van der Waals surface area contributed by atoms with Crippen molar-refractivity contribution in [2.75, 3.05) is 33.4 Å². The van der Waals surface area contributed by atoms with Crippen LogP contribution in [0.1, 0.15) is 73.6 Å². The summed E-state index contributed by atoms with van der Waals surface area (Å²) in [4.78, 5) is 39.2. The molecule has 3 heterocycles. The first-order chi connectivity index (χ1) is 21.0. The number of amides is 2. The van der Waals surface area contributed by atoms with Gasteiger partial charge in [0, 0.05) is 24.7 Å². The number of hydrogen-bond donors (Lipinski definition) is 2. The molecule has 3 aromatic rings. The third-order valence-electron chi connectivity index (χ3n) is 8.81. The van der Waals surface area contributed by atoms with Gasteiger partial charge in [-0.2, -0.15) is 0 Å². The predicted octanol–water partition coefficient (Wildman–Crippen LogP) is 4.86. The molecule has 1 spiro atoms. The largest absolute Gasteiger partial charge is 0.481 e. The molecule has 13 heteroatoms. The number of hydrogen-bond acceptors (Lipinski definition) is 9. The van der Waals surface area contributed by atoms with Crippen molar-refractivity contribution in [2.45, 2.75) is 63.4 Å². The van der Waals surface area contributed by atoms with Crippen molar-refractivity contribution in [3.05, 3.63) is 71.1 Å². The van der Waals surface area contributed by atoms with Crippen LogP contribution in [0.2, 0.25) is 0 Å². The first-order valence-electron chi connectivity index (χ1n) is 14.7. The third-order valence-corrected chi connectivity index (χ3v) is 10.5. The number of benzene rings is 2. The van der Waals surface area contributed by atoms with E-state index in [2.05, 4.69) is 15.4 Å². The number of piperidine rings is 1. The van der Waals surface area contributed by atoms with Crippen LogP contribution in [0.4, 0.5) is 21.9 Å². The molecular formula is C31H34N4O8S. The molecule has 1 saturated heterocycles. The molecule has 2 aromatic carbocycles. The number of fused-ring (bicyclic) bond motifs is 2. The Morgan fingerprint density at radius 1 is 1.16 bits per heavy atom. The molecule has 12 nitrogen and oxygen atoms in total. The van der Waals surface area contributed by atoms with Gasteiger partial charge in [-0.3, -0.25) is 14.9 Å². The van der Waals surface area contributed by atoms with Gasteiger partial charge in [-0.15, -0.1) is 0 Å². The Kier molecular flexibility index (Phi) is 7.60. The Hall–Kier alpha value is -4.39. The molecule has 2 N–H and O–H groups in total. The minimum atomic E-state index is -4.16. The van der Waals surface area contributed by atoms with E-state index in [1.54, 1.807) is 19.9 Å². The van der Waals surface area contributed by atoms with E-state index < -0.39 is 51.7 Å². The molecule has 1 aromatic heterocycles. The second-order valence-electron chi connectivity index (χ2n) is 11.7. The number of nitrogens with one attached hydrogen (secondary N) is 1. The number of aliphatic carboxylic acids is 1. The Morgan fingerprint density at radius 3 is 2.52 bits per heavy atom. The standard InChI is InChI=1S/C31H34N4O8S/c1-19-27(32-30(39)42-20(2)21-6-4-3-5-7-21)28(43-33-19)22-10-15-34(16-11-22)23-8-9-24-25(18-23)35(29(38)31(24)13-14-31)44(40,41)17-12-26(36)37/h3-9,18,20,22H,10-17H2,1-2H3,(H,32,39)(H,36,37)/t20-/m1/s1. The second kappa shape index (κ2) is 11.3. The average Bonchev–Trinajstić information content (AvgIpc) is 3.68. The van der Waals surface area contributed by atoms with E-state index in [-0.39, 0.29) is 5.92 Å². The maximum Gasteiger partial charge on any atom is 0.412 e. The van der Waals surface area contributed by atoms with Gasteiger partial charge in [0.1, 0.15) is 17.5 Å². The molecule has 1 atom stereocenters. The van der Waals surface area contributed by atoms with Gasteiger partial charge in [0.15, 0.2) is 5.76 Å². The van der Waals surface area contributed by atoms with Crippen molar-refractivity contribution >= 4 is 45.1 Å². The number of carboxylic acids is 1. The van der Waals surface area contributed by atoms with Crippen molar-refractivity contribution < 1.29 is 37.2 Å². The zero-order chi connectivity index (χ0) is 31.2. The summed E-state index contributed by atoms with van der Waals surface area (Å²) in [5.74, 6) is -1.82. The molecule has 3 aliphatic rings. The summed E-state index contributed by atoms with van der Waals surface area (Å²) in [6, 6.07) is 14.9. The number of carbonyl (C=O) groups is 3. The van der Waals surface area contributed by atoms with Crippen LogP contribution in [0, 0.1) is 6.92 Å². The summed E-state index contributed by atoms with van der Waals surface area (Å²) in [5.41, 5.74) is 2.87. The molecule has 2 fully saturated rings. The fraction of sp³-hybridized carbons (Fsp3) is 0.419. The van der Waals surface area contributed by atoms with E-state index in [0.29, 0.717) is 67.2 Å². The van der Waals surface area contributed by atoms with Crippen molar-refractivity contribution in [2.24, 2.45) is 0 Å². The van der Waals surface area contributed by atoms with E-state index in [1.807, 2.05) is 42.5 Å². The number of carbonyl (C=O) groups excluding carboxylic acids is 2. The fourth-order valence-electron chi connectivity index (χ4n) is 6.20. The number of sulfonamides is 1. The Morgan fingerprint density at radius 2 is 1.86 bits per heavy atom. The topological polar surface area (TPSA) is 159 Å². The molecule has 0 bridgehead atoms. The number of carboxylic acid groups (broad SMARTS) is 1. The minimum absolute atomic E-state index is 0.0204. The monoisotopic (exact) mass is 622 g/mol. The van der Waals surface area contributed by atoms with Crippen LogP contribution < -0.4 is 14.5 Å². The average molecular weight is 623 g/mol. The number of aromatic nitrogens is 1. The molecule has 1 saturated carbocycles. The van der Waals surface area contributed by atoms with E-state index in [4.69, 9.17) is 14.4 Å². The smallest absolute Gasteiger partial charge is 0.412 e. The molecule has 2 amide bonds. The molecule has 0 radical (unpaired) electrons. The maximum absolute atomic E-state index is 13.3. The van der Waals surface area contributed by atoms with Crippen molar-refractivity contribution in [1.29, 1.82) is 0 Å². The van der Waals surface area contributed by atoms with E-state index in [0.717, 1.165) is 15.6 Å². The van der Waals surface area contributed by atoms with Gasteiger partial charge in [0.05, 0.1) is 23.3 Å². The molecular weight excluding hydrogens is 588 g/mol.